The molecule has 0 atom stereocenters. The lowest BCUT2D eigenvalue weighted by Gasteiger charge is -2.17. The highest BCUT2D eigenvalue weighted by Crippen LogP contribution is 2.40. The molecule has 0 radical (unpaired) electrons. The smallest absolute Gasteiger partial charge is 0.216 e. The van der Waals surface area contributed by atoms with E-state index in [1.165, 1.54) is 81.4 Å². The van der Waals surface area contributed by atoms with Crippen molar-refractivity contribution in [2.24, 2.45) is 20.0 Å². The lowest BCUT2D eigenvalue weighted by molar-refractivity contribution is -0.642. The first-order valence-electron chi connectivity index (χ1n) is 11.2. The van der Waals surface area contributed by atoms with Gasteiger partial charge in [0.05, 0.1) is 16.3 Å². The predicted octanol–water partition coefficient (Wildman–Crippen LogP) is 6.40. The third kappa shape index (κ3) is 2.41. The minimum Gasteiger partial charge on any atom is -0.456 e. The van der Waals surface area contributed by atoms with Crippen molar-refractivity contribution in [3.63, 3.8) is 0 Å². The number of hydrogen-bond acceptors (Lipinski definition) is 1. The standard InChI is InChI=1S/C27H29N2O/c1-16-21-10-12-28(3)25(21)17(2)23-26-24-20(9-11-29(26)4)14-19(13-18-7-5-6-8-18)15-22(24)30-27(16)23/h9-12,14-15,18H,5-8,13H2,1-4H3/q+1. The number of benzene rings is 2. The van der Waals surface area contributed by atoms with Gasteiger partial charge in [0, 0.05) is 35.8 Å². The molecule has 0 amide bonds. The minimum absolute atomic E-state index is 0.831. The van der Waals surface area contributed by atoms with Gasteiger partial charge in [0.1, 0.15) is 18.2 Å². The Hall–Kier alpha value is -2.81. The van der Waals surface area contributed by atoms with Crippen LogP contribution < -0.4 is 4.57 Å². The molecule has 5 aromatic rings. The third-order valence-corrected chi connectivity index (χ3v) is 7.48. The number of aromatic nitrogens is 2. The van der Waals surface area contributed by atoms with Crippen molar-refractivity contribution in [1.29, 1.82) is 0 Å². The Bertz CT molecular complexity index is 1460. The second-order valence-electron chi connectivity index (χ2n) is 9.43. The van der Waals surface area contributed by atoms with Crippen LogP contribution in [0, 0.1) is 19.8 Å². The first-order valence-corrected chi connectivity index (χ1v) is 11.2. The predicted molar refractivity (Wildman–Crippen MR) is 124 cm³/mol. The molecule has 2 aromatic carbocycles. The molecule has 3 nitrogen and oxygen atoms in total. The zero-order valence-electron chi connectivity index (χ0n) is 18.4. The van der Waals surface area contributed by atoms with E-state index >= 15 is 0 Å². The molecule has 1 aliphatic carbocycles. The van der Waals surface area contributed by atoms with Crippen molar-refractivity contribution in [2.75, 3.05) is 0 Å². The normalized spacial score (nSPS) is 15.5. The molecular formula is C27H29N2O+. The monoisotopic (exact) mass is 397 g/mol. The van der Waals surface area contributed by atoms with Crippen LogP contribution in [0.2, 0.25) is 0 Å². The van der Waals surface area contributed by atoms with Crippen LogP contribution in [0.15, 0.2) is 41.1 Å². The molecular weight excluding hydrogens is 368 g/mol. The summed E-state index contributed by atoms with van der Waals surface area (Å²) in [5, 5.41) is 5.07. The van der Waals surface area contributed by atoms with Gasteiger partial charge in [-0.25, -0.2) is 4.57 Å². The van der Waals surface area contributed by atoms with Crippen molar-refractivity contribution in [3.8, 4) is 0 Å². The molecule has 0 unspecified atom stereocenters. The van der Waals surface area contributed by atoms with Crippen LogP contribution in [-0.4, -0.2) is 4.57 Å². The Balaban J connectivity index is 1.75. The van der Waals surface area contributed by atoms with Crippen LogP contribution in [0.3, 0.4) is 0 Å². The van der Waals surface area contributed by atoms with Crippen molar-refractivity contribution < 1.29 is 8.98 Å². The molecule has 0 bridgehead atoms. The fourth-order valence-corrected chi connectivity index (χ4v) is 5.99. The summed E-state index contributed by atoms with van der Waals surface area (Å²) < 4.78 is 11.2. The minimum atomic E-state index is 0.831. The van der Waals surface area contributed by atoms with Crippen molar-refractivity contribution in [3.05, 3.63) is 53.3 Å². The van der Waals surface area contributed by atoms with Gasteiger partial charge in [-0.05, 0) is 49.3 Å². The fourth-order valence-electron chi connectivity index (χ4n) is 5.99. The zero-order valence-corrected chi connectivity index (χ0v) is 18.4. The van der Waals surface area contributed by atoms with Crippen LogP contribution in [0.1, 0.15) is 42.4 Å². The Labute approximate surface area is 176 Å². The number of pyridine rings is 1. The molecule has 0 N–H and O–H groups in total. The highest BCUT2D eigenvalue weighted by atomic mass is 16.3. The van der Waals surface area contributed by atoms with E-state index in [2.05, 4.69) is 73.7 Å². The lowest BCUT2D eigenvalue weighted by atomic mass is 9.94. The molecule has 0 saturated heterocycles. The molecule has 3 heteroatoms. The fraction of sp³-hybridized carbons (Fsp3) is 0.370. The summed E-state index contributed by atoms with van der Waals surface area (Å²) in [5.74, 6) is 0.831. The van der Waals surface area contributed by atoms with Gasteiger partial charge in [0.25, 0.3) is 0 Å². The van der Waals surface area contributed by atoms with E-state index in [0.717, 1.165) is 17.1 Å². The van der Waals surface area contributed by atoms with Crippen molar-refractivity contribution in [2.45, 2.75) is 46.0 Å². The second kappa shape index (κ2) is 6.34. The molecule has 6 rings (SSSR count). The van der Waals surface area contributed by atoms with Gasteiger partial charge in [-0.3, -0.25) is 0 Å². The number of nitrogens with zero attached hydrogens (tertiary/aromatic N) is 2. The second-order valence-corrected chi connectivity index (χ2v) is 9.43. The molecule has 3 aromatic heterocycles. The summed E-state index contributed by atoms with van der Waals surface area (Å²) in [7, 11) is 4.29. The summed E-state index contributed by atoms with van der Waals surface area (Å²) in [4.78, 5) is 0. The maximum absolute atomic E-state index is 6.72. The van der Waals surface area contributed by atoms with E-state index in [1.54, 1.807) is 0 Å². The SMILES string of the molecule is Cc1c2cc[n+](C)c2c(C)c2c1oc1cc(CC3CCCC3)cc3ccn(C)c2c31. The molecule has 3 heterocycles. The number of fused-ring (bicyclic) bond motifs is 3. The molecule has 152 valence electrons. The van der Waals surface area contributed by atoms with E-state index in [-0.39, 0.29) is 0 Å². The highest BCUT2D eigenvalue weighted by molar-refractivity contribution is 6.19. The van der Waals surface area contributed by atoms with Crippen molar-refractivity contribution >= 4 is 43.7 Å². The third-order valence-electron chi connectivity index (χ3n) is 7.48. The van der Waals surface area contributed by atoms with Crippen LogP contribution in [0.25, 0.3) is 43.7 Å². The maximum Gasteiger partial charge on any atom is 0.216 e. The summed E-state index contributed by atoms with van der Waals surface area (Å²) in [6.07, 6.45) is 11.1. The Morgan fingerprint density at radius 1 is 1.07 bits per heavy atom. The number of hydrogen-bond donors (Lipinski definition) is 0. The van der Waals surface area contributed by atoms with Gasteiger partial charge in [-0.15, -0.1) is 0 Å². The van der Waals surface area contributed by atoms with Crippen LogP contribution in [0.4, 0.5) is 0 Å². The van der Waals surface area contributed by atoms with Gasteiger partial charge in [-0.1, -0.05) is 31.7 Å². The van der Waals surface area contributed by atoms with Crippen LogP contribution in [-0.2, 0) is 20.5 Å². The Morgan fingerprint density at radius 2 is 1.87 bits per heavy atom. The highest BCUT2D eigenvalue weighted by Gasteiger charge is 2.23. The van der Waals surface area contributed by atoms with E-state index in [0.29, 0.717) is 0 Å². The average molecular weight is 398 g/mol. The summed E-state index contributed by atoms with van der Waals surface area (Å²) in [6, 6.07) is 9.18. The summed E-state index contributed by atoms with van der Waals surface area (Å²) >= 11 is 0. The molecule has 0 spiro atoms. The van der Waals surface area contributed by atoms with Crippen LogP contribution in [0.5, 0.6) is 0 Å². The van der Waals surface area contributed by atoms with Gasteiger partial charge in [-0.2, -0.15) is 0 Å². The quantitative estimate of drug-likeness (QED) is 0.192. The molecule has 1 fully saturated rings. The summed E-state index contributed by atoms with van der Waals surface area (Å²) in [6.45, 7) is 4.44. The van der Waals surface area contributed by atoms with E-state index in [9.17, 15) is 0 Å². The van der Waals surface area contributed by atoms with E-state index < -0.39 is 0 Å². The number of aryl methyl sites for hydroxylation is 4. The first kappa shape index (κ1) is 18.0. The number of rotatable bonds is 2. The molecule has 30 heavy (non-hydrogen) atoms. The maximum atomic E-state index is 6.72. The molecule has 0 aliphatic heterocycles. The first-order chi connectivity index (χ1) is 14.5. The Kier molecular flexibility index (Phi) is 3.80. The van der Waals surface area contributed by atoms with E-state index in [4.69, 9.17) is 4.42 Å². The zero-order chi connectivity index (χ0) is 20.6. The topological polar surface area (TPSA) is 21.9 Å². The van der Waals surface area contributed by atoms with Crippen molar-refractivity contribution in [1.82, 2.24) is 4.57 Å². The summed E-state index contributed by atoms with van der Waals surface area (Å²) in [5.41, 5.74) is 8.57. The van der Waals surface area contributed by atoms with Crippen LogP contribution >= 0.6 is 0 Å². The van der Waals surface area contributed by atoms with E-state index in [1.807, 2.05) is 0 Å². The molecule has 1 saturated carbocycles. The van der Waals surface area contributed by atoms with Gasteiger partial charge >= 0.3 is 0 Å². The Morgan fingerprint density at radius 3 is 2.67 bits per heavy atom. The average Bonchev–Trinajstić information content (AvgIpc) is 3.38. The van der Waals surface area contributed by atoms with Gasteiger partial charge in [0.15, 0.2) is 6.20 Å². The lowest BCUT2D eigenvalue weighted by Crippen LogP contribution is -2.25. The van der Waals surface area contributed by atoms with Gasteiger partial charge < -0.3 is 8.98 Å². The molecule has 1 aliphatic rings. The largest absolute Gasteiger partial charge is 0.456 e. The van der Waals surface area contributed by atoms with Gasteiger partial charge in [0.2, 0.25) is 5.52 Å².